The van der Waals surface area contributed by atoms with Crippen LogP contribution in [0.3, 0.4) is 0 Å². The molecule has 1 heterocycles. The first-order valence-electron chi connectivity index (χ1n) is 7.37. The molecule has 5 nitrogen and oxygen atoms in total. The van der Waals surface area contributed by atoms with Crippen LogP contribution in [0.4, 0.5) is 0 Å². The highest BCUT2D eigenvalue weighted by molar-refractivity contribution is 7.89. The van der Waals surface area contributed by atoms with Crippen molar-refractivity contribution in [3.8, 4) is 0 Å². The minimum Gasteiger partial charge on any atom is -0.208 e. The Hall–Kier alpha value is -1.83. The Morgan fingerprint density at radius 3 is 2.61 bits per heavy atom. The van der Waals surface area contributed by atoms with Crippen molar-refractivity contribution >= 4 is 32.8 Å². The molecule has 0 fully saturated rings. The second-order valence-electron chi connectivity index (χ2n) is 5.30. The summed E-state index contributed by atoms with van der Waals surface area (Å²) in [5.74, 6) is 0. The summed E-state index contributed by atoms with van der Waals surface area (Å²) in [6, 6.07) is 14.7. The summed E-state index contributed by atoms with van der Waals surface area (Å²) < 4.78 is 36.5. The van der Waals surface area contributed by atoms with E-state index in [1.54, 1.807) is 18.2 Å². The van der Waals surface area contributed by atoms with Crippen LogP contribution in [0.5, 0.6) is 0 Å². The van der Waals surface area contributed by atoms with Crippen molar-refractivity contribution in [2.24, 2.45) is 0 Å². The number of sulfonamides is 1. The molecule has 0 aliphatic rings. The quantitative estimate of drug-likeness (QED) is 0.744. The first kappa shape index (κ1) is 16.0. The van der Waals surface area contributed by atoms with Crippen molar-refractivity contribution in [1.82, 2.24) is 13.5 Å². The summed E-state index contributed by atoms with van der Waals surface area (Å²) in [5.41, 5.74) is 2.14. The van der Waals surface area contributed by atoms with Crippen molar-refractivity contribution < 1.29 is 8.42 Å². The number of hydrogen-bond donors (Lipinski definition) is 1. The Morgan fingerprint density at radius 1 is 1.09 bits per heavy atom. The number of rotatable bonds is 6. The predicted octanol–water partition coefficient (Wildman–Crippen LogP) is 2.99. The van der Waals surface area contributed by atoms with Gasteiger partial charge in [0.25, 0.3) is 0 Å². The van der Waals surface area contributed by atoms with E-state index in [1.165, 1.54) is 0 Å². The van der Waals surface area contributed by atoms with Gasteiger partial charge in [0.2, 0.25) is 10.0 Å². The zero-order chi connectivity index (χ0) is 16.3. The molecule has 23 heavy (non-hydrogen) atoms. The molecular weight excluding hydrogens is 330 g/mol. The summed E-state index contributed by atoms with van der Waals surface area (Å²) in [6.45, 7) is 1.97. The number of nitrogens with zero attached hydrogens (tertiary/aromatic N) is 2. The zero-order valence-electron chi connectivity index (χ0n) is 12.6. The van der Waals surface area contributed by atoms with E-state index < -0.39 is 10.0 Å². The van der Waals surface area contributed by atoms with Gasteiger partial charge < -0.3 is 0 Å². The van der Waals surface area contributed by atoms with Crippen LogP contribution >= 0.6 is 11.7 Å². The molecule has 3 rings (SSSR count). The van der Waals surface area contributed by atoms with Gasteiger partial charge in [-0.15, -0.1) is 0 Å². The molecule has 1 unspecified atom stereocenters. The summed E-state index contributed by atoms with van der Waals surface area (Å²) in [4.78, 5) is 0.190. The average Bonchev–Trinajstić information content (AvgIpc) is 3.03. The molecule has 1 aromatic heterocycles. The fourth-order valence-corrected chi connectivity index (χ4v) is 4.53. The molecule has 0 saturated carbocycles. The third-order valence-corrected chi connectivity index (χ3v) is 5.77. The van der Waals surface area contributed by atoms with Gasteiger partial charge >= 0.3 is 0 Å². The lowest BCUT2D eigenvalue weighted by Gasteiger charge is -2.17. The van der Waals surface area contributed by atoms with Crippen LogP contribution in [0.1, 0.15) is 18.9 Å². The fourth-order valence-electron chi connectivity index (χ4n) is 2.45. The molecule has 0 aliphatic carbocycles. The zero-order valence-corrected chi connectivity index (χ0v) is 14.3. The summed E-state index contributed by atoms with van der Waals surface area (Å²) in [7, 11) is -3.63. The lowest BCUT2D eigenvalue weighted by molar-refractivity contribution is 0.537. The van der Waals surface area contributed by atoms with Crippen molar-refractivity contribution in [3.63, 3.8) is 0 Å². The van der Waals surface area contributed by atoms with Crippen molar-refractivity contribution in [2.75, 3.05) is 0 Å². The third kappa shape index (κ3) is 3.57. The maximum Gasteiger partial charge on any atom is 0.243 e. The van der Waals surface area contributed by atoms with E-state index in [0.717, 1.165) is 17.3 Å². The van der Waals surface area contributed by atoms with Crippen LogP contribution < -0.4 is 4.72 Å². The topological polar surface area (TPSA) is 72.0 Å². The smallest absolute Gasteiger partial charge is 0.208 e. The molecule has 0 amide bonds. The van der Waals surface area contributed by atoms with Crippen LogP contribution in [-0.2, 0) is 16.4 Å². The van der Waals surface area contributed by atoms with Crippen LogP contribution in [0.2, 0.25) is 0 Å². The van der Waals surface area contributed by atoms with E-state index in [0.29, 0.717) is 23.9 Å². The Labute approximate surface area is 139 Å². The second kappa shape index (κ2) is 6.74. The molecule has 7 heteroatoms. The SMILES string of the molecule is CCC(Cc1ccccc1)NS(=O)(=O)c1cccc2nsnc12. The Balaban J connectivity index is 1.86. The molecule has 0 radical (unpaired) electrons. The van der Waals surface area contributed by atoms with Crippen LogP contribution in [0.25, 0.3) is 11.0 Å². The van der Waals surface area contributed by atoms with Gasteiger partial charge in [0, 0.05) is 6.04 Å². The number of fused-ring (bicyclic) bond motifs is 1. The first-order valence-corrected chi connectivity index (χ1v) is 9.59. The maximum absolute atomic E-state index is 12.7. The van der Waals surface area contributed by atoms with Crippen LogP contribution in [0, 0.1) is 0 Å². The van der Waals surface area contributed by atoms with Gasteiger partial charge in [-0.3, -0.25) is 0 Å². The maximum atomic E-state index is 12.7. The van der Waals surface area contributed by atoms with Crippen LogP contribution in [-0.4, -0.2) is 23.2 Å². The van der Waals surface area contributed by atoms with E-state index in [2.05, 4.69) is 13.5 Å². The largest absolute Gasteiger partial charge is 0.243 e. The molecule has 0 bridgehead atoms. The predicted molar refractivity (Wildman–Crippen MR) is 92.0 cm³/mol. The lowest BCUT2D eigenvalue weighted by Crippen LogP contribution is -2.36. The minimum absolute atomic E-state index is 0.163. The van der Waals surface area contributed by atoms with Crippen LogP contribution in [0.15, 0.2) is 53.4 Å². The van der Waals surface area contributed by atoms with Gasteiger partial charge in [0.05, 0.1) is 11.7 Å². The molecule has 1 N–H and O–H groups in total. The van der Waals surface area contributed by atoms with Crippen molar-refractivity contribution in [2.45, 2.75) is 30.7 Å². The van der Waals surface area contributed by atoms with Crippen molar-refractivity contribution in [3.05, 3.63) is 54.1 Å². The molecule has 0 spiro atoms. The highest BCUT2D eigenvalue weighted by Crippen LogP contribution is 2.21. The summed E-state index contributed by atoms with van der Waals surface area (Å²) in [6.07, 6.45) is 1.36. The average molecular weight is 347 g/mol. The van der Waals surface area contributed by atoms with E-state index in [9.17, 15) is 8.42 Å². The molecule has 3 aromatic rings. The highest BCUT2D eigenvalue weighted by Gasteiger charge is 2.22. The molecule has 120 valence electrons. The molecule has 2 aromatic carbocycles. The Kier molecular flexibility index (Phi) is 4.70. The number of benzene rings is 2. The van der Waals surface area contributed by atoms with Gasteiger partial charge in [-0.2, -0.15) is 8.75 Å². The molecule has 0 saturated heterocycles. The third-order valence-electron chi connectivity index (χ3n) is 3.68. The van der Waals surface area contributed by atoms with E-state index >= 15 is 0 Å². The highest BCUT2D eigenvalue weighted by atomic mass is 32.2. The Bertz CT molecular complexity index is 892. The molecule has 1 atom stereocenters. The second-order valence-corrected chi connectivity index (χ2v) is 7.52. The minimum atomic E-state index is -3.63. The number of nitrogens with one attached hydrogen (secondary N) is 1. The van der Waals surface area contributed by atoms with Gasteiger partial charge in [-0.05, 0) is 30.5 Å². The van der Waals surface area contributed by atoms with Crippen molar-refractivity contribution in [1.29, 1.82) is 0 Å². The Morgan fingerprint density at radius 2 is 1.87 bits per heavy atom. The first-order chi connectivity index (χ1) is 11.1. The van der Waals surface area contributed by atoms with Gasteiger partial charge in [0.15, 0.2) is 0 Å². The number of aromatic nitrogens is 2. The van der Waals surface area contributed by atoms with Gasteiger partial charge in [-0.1, -0.05) is 43.3 Å². The fraction of sp³-hybridized carbons (Fsp3) is 0.250. The standard InChI is InChI=1S/C16H17N3O2S2/c1-2-13(11-12-7-4-3-5-8-12)19-23(20,21)15-10-6-9-14-16(15)18-22-17-14/h3-10,13,19H,2,11H2,1H3. The summed E-state index contributed by atoms with van der Waals surface area (Å²) in [5, 5.41) is 0. The molecule has 0 aliphatic heterocycles. The van der Waals surface area contributed by atoms with Gasteiger partial charge in [0.1, 0.15) is 15.9 Å². The van der Waals surface area contributed by atoms with E-state index in [-0.39, 0.29) is 10.9 Å². The lowest BCUT2D eigenvalue weighted by atomic mass is 10.1. The monoisotopic (exact) mass is 347 g/mol. The van der Waals surface area contributed by atoms with E-state index in [1.807, 2.05) is 37.3 Å². The molecular formula is C16H17N3O2S2. The summed E-state index contributed by atoms with van der Waals surface area (Å²) >= 11 is 1.02. The number of hydrogen-bond acceptors (Lipinski definition) is 5. The van der Waals surface area contributed by atoms with Gasteiger partial charge in [-0.25, -0.2) is 13.1 Å². The normalized spacial score (nSPS) is 13.3. The van der Waals surface area contributed by atoms with E-state index in [4.69, 9.17) is 0 Å².